The van der Waals surface area contributed by atoms with Crippen LogP contribution >= 0.6 is 0 Å². The third kappa shape index (κ3) is 2.45. The number of rotatable bonds is 3. The maximum atomic E-state index is 13.5. The van der Waals surface area contributed by atoms with Crippen molar-refractivity contribution in [3.05, 3.63) is 29.6 Å². The molecule has 0 saturated carbocycles. The largest absolute Gasteiger partial charge is 0.481 e. The van der Waals surface area contributed by atoms with Crippen LogP contribution in [0.25, 0.3) is 0 Å². The Bertz CT molecular complexity index is 767. The Hall–Kier alpha value is -1.51. The number of benzene rings is 1. The fraction of sp³-hybridized carbons (Fsp3) is 0.533. The number of hydrogen-bond acceptors (Lipinski definition) is 4. The van der Waals surface area contributed by atoms with Gasteiger partial charge in [0.2, 0.25) is 10.0 Å². The first-order chi connectivity index (χ1) is 10.7. The van der Waals surface area contributed by atoms with Gasteiger partial charge in [-0.2, -0.15) is 4.31 Å². The van der Waals surface area contributed by atoms with E-state index in [2.05, 4.69) is 0 Å². The summed E-state index contributed by atoms with van der Waals surface area (Å²) in [7, 11) is -2.08. The Morgan fingerprint density at radius 3 is 2.65 bits per heavy atom. The van der Waals surface area contributed by atoms with Crippen LogP contribution in [-0.4, -0.2) is 61.9 Å². The monoisotopic (exact) mass is 342 g/mol. The van der Waals surface area contributed by atoms with Gasteiger partial charge in [-0.25, -0.2) is 12.8 Å². The summed E-state index contributed by atoms with van der Waals surface area (Å²) in [5.74, 6) is -1.85. The molecule has 23 heavy (non-hydrogen) atoms. The molecule has 126 valence electrons. The molecule has 2 saturated heterocycles. The van der Waals surface area contributed by atoms with Crippen LogP contribution in [0.2, 0.25) is 0 Å². The van der Waals surface area contributed by atoms with Gasteiger partial charge in [-0.3, -0.25) is 4.79 Å². The van der Waals surface area contributed by atoms with Gasteiger partial charge in [-0.15, -0.1) is 0 Å². The summed E-state index contributed by atoms with van der Waals surface area (Å²) in [6.45, 7) is 2.54. The lowest BCUT2D eigenvalue weighted by Crippen LogP contribution is -2.41. The first kappa shape index (κ1) is 16.4. The van der Waals surface area contributed by atoms with E-state index in [-0.39, 0.29) is 23.9 Å². The Morgan fingerprint density at radius 1 is 1.35 bits per heavy atom. The highest BCUT2D eigenvalue weighted by molar-refractivity contribution is 7.89. The number of aryl methyl sites for hydroxylation is 1. The normalized spacial score (nSPS) is 28.9. The molecule has 2 aliphatic heterocycles. The van der Waals surface area contributed by atoms with Crippen molar-refractivity contribution in [2.45, 2.75) is 11.8 Å². The Labute approximate surface area is 134 Å². The molecule has 0 radical (unpaired) electrons. The minimum atomic E-state index is -3.91. The van der Waals surface area contributed by atoms with Crippen molar-refractivity contribution < 1.29 is 22.7 Å². The lowest BCUT2D eigenvalue weighted by atomic mass is 9.81. The molecular weight excluding hydrogens is 323 g/mol. The highest BCUT2D eigenvalue weighted by atomic mass is 32.2. The van der Waals surface area contributed by atoms with Gasteiger partial charge in [0.15, 0.2) is 0 Å². The van der Waals surface area contributed by atoms with E-state index in [0.717, 1.165) is 6.07 Å². The van der Waals surface area contributed by atoms with Crippen molar-refractivity contribution in [2.24, 2.45) is 11.3 Å². The molecule has 2 atom stereocenters. The van der Waals surface area contributed by atoms with E-state index in [1.807, 2.05) is 11.9 Å². The smallest absolute Gasteiger partial charge is 0.312 e. The van der Waals surface area contributed by atoms with Crippen molar-refractivity contribution >= 4 is 16.0 Å². The maximum absolute atomic E-state index is 13.5. The SMILES string of the molecule is Cc1ccc(F)cc1S(=O)(=O)N1C[C@@H]2CN(C)C[C@]2(C(=O)O)C1. The summed E-state index contributed by atoms with van der Waals surface area (Å²) in [5, 5.41) is 9.64. The molecule has 0 aromatic heterocycles. The minimum Gasteiger partial charge on any atom is -0.481 e. The number of sulfonamides is 1. The first-order valence-corrected chi connectivity index (χ1v) is 8.79. The third-order valence-corrected chi connectivity index (χ3v) is 6.90. The lowest BCUT2D eigenvalue weighted by molar-refractivity contribution is -0.148. The number of nitrogens with zero attached hydrogens (tertiary/aromatic N) is 2. The Balaban J connectivity index is 1.98. The van der Waals surface area contributed by atoms with Crippen molar-refractivity contribution in [2.75, 3.05) is 33.2 Å². The standard InChI is InChI=1S/C15H19FN2O4S/c1-10-3-4-12(16)5-13(10)23(21,22)18-7-11-6-17(2)8-15(11,9-18)14(19)20/h3-5,11H,6-9H2,1-2H3,(H,19,20)/t11-,15-/m0/s1. The van der Waals surface area contributed by atoms with E-state index in [1.54, 1.807) is 6.92 Å². The number of likely N-dealkylation sites (tertiary alicyclic amines) is 1. The predicted molar refractivity (Wildman–Crippen MR) is 81.0 cm³/mol. The average molecular weight is 342 g/mol. The number of carbonyl (C=O) groups is 1. The molecule has 3 rings (SSSR count). The zero-order valence-electron chi connectivity index (χ0n) is 13.0. The van der Waals surface area contributed by atoms with E-state index in [1.165, 1.54) is 16.4 Å². The third-order valence-electron chi connectivity index (χ3n) is 4.94. The number of aliphatic carboxylic acids is 1. The van der Waals surface area contributed by atoms with Crippen LogP contribution in [0.3, 0.4) is 0 Å². The summed E-state index contributed by atoms with van der Waals surface area (Å²) in [6, 6.07) is 3.62. The van der Waals surface area contributed by atoms with E-state index in [0.29, 0.717) is 18.7 Å². The lowest BCUT2D eigenvalue weighted by Gasteiger charge is -2.24. The van der Waals surface area contributed by atoms with E-state index < -0.39 is 27.2 Å². The van der Waals surface area contributed by atoms with Crippen molar-refractivity contribution in [3.63, 3.8) is 0 Å². The fourth-order valence-electron chi connectivity index (χ4n) is 3.75. The van der Waals surface area contributed by atoms with Crippen molar-refractivity contribution in [3.8, 4) is 0 Å². The number of hydrogen-bond donors (Lipinski definition) is 1. The molecule has 0 bridgehead atoms. The van der Waals surface area contributed by atoms with E-state index >= 15 is 0 Å². The summed E-state index contributed by atoms with van der Waals surface area (Å²) in [6.07, 6.45) is 0. The quantitative estimate of drug-likeness (QED) is 0.878. The van der Waals surface area contributed by atoms with E-state index in [9.17, 15) is 22.7 Å². The zero-order chi connectivity index (χ0) is 17.0. The molecule has 2 aliphatic rings. The number of fused-ring (bicyclic) bond motifs is 1. The second-order valence-electron chi connectivity index (χ2n) is 6.56. The topological polar surface area (TPSA) is 77.9 Å². The molecule has 0 amide bonds. The first-order valence-electron chi connectivity index (χ1n) is 7.35. The molecule has 2 heterocycles. The van der Waals surface area contributed by atoms with Crippen molar-refractivity contribution in [1.82, 2.24) is 9.21 Å². The second kappa shape index (κ2) is 5.25. The maximum Gasteiger partial charge on any atom is 0.312 e. The molecule has 0 unspecified atom stereocenters. The van der Waals surface area contributed by atoms with Gasteiger partial charge in [0.25, 0.3) is 0 Å². The van der Waals surface area contributed by atoms with Crippen molar-refractivity contribution in [1.29, 1.82) is 0 Å². The summed E-state index contributed by atoms with van der Waals surface area (Å²) >= 11 is 0. The zero-order valence-corrected chi connectivity index (χ0v) is 13.8. The van der Waals surface area contributed by atoms with Crippen LogP contribution in [-0.2, 0) is 14.8 Å². The van der Waals surface area contributed by atoms with E-state index in [4.69, 9.17) is 0 Å². The van der Waals surface area contributed by atoms with Gasteiger partial charge < -0.3 is 10.0 Å². The van der Waals surface area contributed by atoms with Gasteiger partial charge in [0.1, 0.15) is 5.82 Å². The molecule has 2 fully saturated rings. The van der Waals surface area contributed by atoms with Crippen LogP contribution in [0.5, 0.6) is 0 Å². The van der Waals surface area contributed by atoms with Gasteiger partial charge in [0, 0.05) is 32.1 Å². The van der Waals surface area contributed by atoms with Gasteiger partial charge in [-0.1, -0.05) is 6.07 Å². The number of carboxylic acid groups (broad SMARTS) is 1. The van der Waals surface area contributed by atoms with Crippen LogP contribution in [0.1, 0.15) is 5.56 Å². The summed E-state index contributed by atoms with van der Waals surface area (Å²) in [5.41, 5.74) is -0.631. The predicted octanol–water partition coefficient (Wildman–Crippen LogP) is 0.771. The molecule has 0 aliphatic carbocycles. The van der Waals surface area contributed by atoms with Crippen LogP contribution in [0, 0.1) is 24.1 Å². The average Bonchev–Trinajstić information content (AvgIpc) is 2.95. The summed E-state index contributed by atoms with van der Waals surface area (Å²) in [4.78, 5) is 13.6. The summed E-state index contributed by atoms with van der Waals surface area (Å²) < 4.78 is 40.3. The molecule has 1 aromatic carbocycles. The Kier molecular flexibility index (Phi) is 3.74. The van der Waals surface area contributed by atoms with Gasteiger partial charge in [-0.05, 0) is 31.7 Å². The highest BCUT2D eigenvalue weighted by Gasteiger charge is 2.59. The number of halogens is 1. The molecule has 1 aromatic rings. The molecule has 6 nitrogen and oxygen atoms in total. The molecule has 0 spiro atoms. The molecule has 1 N–H and O–H groups in total. The van der Waals surface area contributed by atoms with Gasteiger partial charge >= 0.3 is 5.97 Å². The van der Waals surface area contributed by atoms with Crippen LogP contribution < -0.4 is 0 Å². The molecule has 8 heteroatoms. The van der Waals surface area contributed by atoms with Gasteiger partial charge in [0.05, 0.1) is 10.3 Å². The highest BCUT2D eigenvalue weighted by Crippen LogP contribution is 2.44. The van der Waals surface area contributed by atoms with Crippen LogP contribution in [0.15, 0.2) is 23.1 Å². The second-order valence-corrected chi connectivity index (χ2v) is 8.47. The fourth-order valence-corrected chi connectivity index (χ4v) is 5.54. The number of carboxylic acids is 1. The van der Waals surface area contributed by atoms with Crippen LogP contribution in [0.4, 0.5) is 4.39 Å². The minimum absolute atomic E-state index is 0.0738. The Morgan fingerprint density at radius 2 is 2.04 bits per heavy atom. The molecular formula is C15H19FN2O4S.